The summed E-state index contributed by atoms with van der Waals surface area (Å²) in [5.41, 5.74) is 3.38. The van der Waals surface area contributed by atoms with Crippen molar-refractivity contribution in [2.24, 2.45) is 0 Å². The number of hydrogen-bond donors (Lipinski definition) is 2. The largest absolute Gasteiger partial charge is 0.361 e. The van der Waals surface area contributed by atoms with Crippen molar-refractivity contribution < 1.29 is 13.2 Å². The molecule has 0 spiro atoms. The van der Waals surface area contributed by atoms with E-state index in [-0.39, 0.29) is 34.3 Å². The maximum Gasteiger partial charge on any atom is 0.230 e. The van der Waals surface area contributed by atoms with Crippen LogP contribution in [0.25, 0.3) is 10.9 Å². The number of aromatic amines is 1. The van der Waals surface area contributed by atoms with E-state index < -0.39 is 9.84 Å². The van der Waals surface area contributed by atoms with Gasteiger partial charge in [-0.05, 0) is 23.6 Å². The Labute approximate surface area is 175 Å². The lowest BCUT2D eigenvalue weighted by Crippen LogP contribution is -2.30. The van der Waals surface area contributed by atoms with Gasteiger partial charge < -0.3 is 10.3 Å². The summed E-state index contributed by atoms with van der Waals surface area (Å²) in [5, 5.41) is 4.24. The molecule has 29 heavy (non-hydrogen) atoms. The van der Waals surface area contributed by atoms with Crippen LogP contribution in [0.5, 0.6) is 0 Å². The van der Waals surface area contributed by atoms with Gasteiger partial charge in [0.2, 0.25) is 5.91 Å². The number of para-hydroxylation sites is 1. The SMILES string of the molecule is O=C(CSC1CCS(=O)(=O)C1)NCC(c1ccccc1)c1c[nH]c2ccccc12. The highest BCUT2D eigenvalue weighted by atomic mass is 32.2. The van der Waals surface area contributed by atoms with Gasteiger partial charge in [0.15, 0.2) is 9.84 Å². The van der Waals surface area contributed by atoms with Crippen LogP contribution in [0.15, 0.2) is 60.8 Å². The van der Waals surface area contributed by atoms with E-state index in [1.165, 1.54) is 11.8 Å². The normalized spacial score (nSPS) is 19.2. The Bertz CT molecular complexity index is 1090. The number of aromatic nitrogens is 1. The van der Waals surface area contributed by atoms with Crippen molar-refractivity contribution in [3.05, 3.63) is 71.9 Å². The van der Waals surface area contributed by atoms with Crippen molar-refractivity contribution in [2.45, 2.75) is 17.6 Å². The fourth-order valence-electron chi connectivity index (χ4n) is 3.83. The summed E-state index contributed by atoms with van der Waals surface area (Å²) in [6.07, 6.45) is 2.66. The minimum absolute atomic E-state index is 0.0317. The summed E-state index contributed by atoms with van der Waals surface area (Å²) in [6.45, 7) is 0.494. The number of H-pyrrole nitrogens is 1. The number of hydrogen-bond acceptors (Lipinski definition) is 4. The minimum Gasteiger partial charge on any atom is -0.361 e. The summed E-state index contributed by atoms with van der Waals surface area (Å²) < 4.78 is 23.2. The van der Waals surface area contributed by atoms with Crippen LogP contribution in [0.1, 0.15) is 23.5 Å². The van der Waals surface area contributed by atoms with Gasteiger partial charge in [0.1, 0.15) is 0 Å². The molecule has 1 fully saturated rings. The van der Waals surface area contributed by atoms with E-state index in [0.717, 1.165) is 22.0 Å². The highest BCUT2D eigenvalue weighted by molar-refractivity contribution is 8.02. The number of sulfone groups is 1. The zero-order chi connectivity index (χ0) is 20.3. The van der Waals surface area contributed by atoms with Crippen LogP contribution in [0.4, 0.5) is 0 Å². The number of carbonyl (C=O) groups excluding carboxylic acids is 1. The van der Waals surface area contributed by atoms with Gasteiger partial charge in [-0.2, -0.15) is 0 Å². The highest BCUT2D eigenvalue weighted by Gasteiger charge is 2.28. The second-order valence-corrected chi connectivity index (χ2v) is 10.9. The molecule has 1 aliphatic rings. The molecule has 0 radical (unpaired) electrons. The summed E-state index contributed by atoms with van der Waals surface area (Å²) in [7, 11) is -2.91. The van der Waals surface area contributed by atoms with Gasteiger partial charge in [0, 0.05) is 34.8 Å². The molecular formula is C22H24N2O3S2. The Morgan fingerprint density at radius 1 is 1.14 bits per heavy atom. The molecule has 4 rings (SSSR count). The van der Waals surface area contributed by atoms with E-state index in [1.54, 1.807) is 0 Å². The second-order valence-electron chi connectivity index (χ2n) is 7.39. The lowest BCUT2D eigenvalue weighted by atomic mass is 9.91. The Hall–Kier alpha value is -2.25. The summed E-state index contributed by atoms with van der Waals surface area (Å²) >= 11 is 1.44. The standard InChI is InChI=1S/C22H24N2O3S2/c25-22(14-28-17-10-11-29(26,27)15-17)24-12-19(16-6-2-1-3-7-16)20-13-23-21-9-5-4-8-18(20)21/h1-9,13,17,19,23H,10-12,14-15H2,(H,24,25). The quantitative estimate of drug-likeness (QED) is 0.605. The molecule has 2 atom stereocenters. The molecule has 5 nitrogen and oxygen atoms in total. The first-order valence-corrected chi connectivity index (χ1v) is 12.6. The van der Waals surface area contributed by atoms with E-state index in [9.17, 15) is 13.2 Å². The van der Waals surface area contributed by atoms with Crippen molar-refractivity contribution in [1.82, 2.24) is 10.3 Å². The molecule has 7 heteroatoms. The predicted octanol–water partition coefficient (Wildman–Crippen LogP) is 3.34. The van der Waals surface area contributed by atoms with Gasteiger partial charge in [-0.25, -0.2) is 8.42 Å². The number of amides is 1. The highest BCUT2D eigenvalue weighted by Crippen LogP contribution is 2.30. The molecule has 0 aliphatic carbocycles. The van der Waals surface area contributed by atoms with Crippen LogP contribution in [0, 0.1) is 0 Å². The van der Waals surface area contributed by atoms with Gasteiger partial charge in [0.25, 0.3) is 0 Å². The maximum absolute atomic E-state index is 12.4. The Balaban J connectivity index is 1.45. The number of nitrogens with one attached hydrogen (secondary N) is 2. The monoisotopic (exact) mass is 428 g/mol. The summed E-state index contributed by atoms with van der Waals surface area (Å²) in [4.78, 5) is 15.8. The minimum atomic E-state index is -2.91. The molecule has 2 heterocycles. The van der Waals surface area contributed by atoms with Crippen LogP contribution >= 0.6 is 11.8 Å². The second kappa shape index (κ2) is 8.63. The third kappa shape index (κ3) is 4.85. The summed E-state index contributed by atoms with van der Waals surface area (Å²) in [5.74, 6) is 0.694. The molecule has 1 amide bonds. The number of carbonyl (C=O) groups is 1. The fraction of sp³-hybridized carbons (Fsp3) is 0.318. The van der Waals surface area contributed by atoms with Gasteiger partial charge in [0.05, 0.1) is 17.3 Å². The molecule has 2 N–H and O–H groups in total. The van der Waals surface area contributed by atoms with Crippen LogP contribution in [0.3, 0.4) is 0 Å². The molecule has 1 saturated heterocycles. The number of benzene rings is 2. The third-order valence-electron chi connectivity index (χ3n) is 5.34. The molecule has 1 aromatic heterocycles. The van der Waals surface area contributed by atoms with Crippen LogP contribution in [-0.2, 0) is 14.6 Å². The van der Waals surface area contributed by atoms with Crippen LogP contribution in [-0.4, -0.2) is 48.4 Å². The van der Waals surface area contributed by atoms with E-state index in [1.807, 2.05) is 42.6 Å². The first-order valence-electron chi connectivity index (χ1n) is 9.71. The van der Waals surface area contributed by atoms with E-state index in [4.69, 9.17) is 0 Å². The molecule has 0 saturated carbocycles. The predicted molar refractivity (Wildman–Crippen MR) is 119 cm³/mol. The van der Waals surface area contributed by atoms with Gasteiger partial charge in [-0.3, -0.25) is 4.79 Å². The van der Waals surface area contributed by atoms with Crippen molar-refractivity contribution in [3.8, 4) is 0 Å². The maximum atomic E-state index is 12.4. The van der Waals surface area contributed by atoms with Crippen LogP contribution in [0.2, 0.25) is 0 Å². The van der Waals surface area contributed by atoms with E-state index in [0.29, 0.717) is 13.0 Å². The summed E-state index contributed by atoms with van der Waals surface area (Å²) in [6, 6.07) is 18.3. The fourth-order valence-corrected chi connectivity index (χ4v) is 7.30. The van der Waals surface area contributed by atoms with Crippen molar-refractivity contribution >= 4 is 38.4 Å². The van der Waals surface area contributed by atoms with E-state index in [2.05, 4.69) is 28.5 Å². The molecular weight excluding hydrogens is 404 g/mol. The Morgan fingerprint density at radius 2 is 1.90 bits per heavy atom. The zero-order valence-corrected chi connectivity index (χ0v) is 17.6. The molecule has 2 aromatic carbocycles. The van der Waals surface area contributed by atoms with Gasteiger partial charge in [-0.15, -0.1) is 11.8 Å². The van der Waals surface area contributed by atoms with Crippen molar-refractivity contribution in [3.63, 3.8) is 0 Å². The lowest BCUT2D eigenvalue weighted by Gasteiger charge is -2.18. The molecule has 1 aliphatic heterocycles. The number of rotatable bonds is 7. The van der Waals surface area contributed by atoms with Gasteiger partial charge >= 0.3 is 0 Å². The average molecular weight is 429 g/mol. The average Bonchev–Trinajstić information content (AvgIpc) is 3.30. The first-order chi connectivity index (χ1) is 14.0. The van der Waals surface area contributed by atoms with Crippen molar-refractivity contribution in [2.75, 3.05) is 23.8 Å². The lowest BCUT2D eigenvalue weighted by molar-refractivity contribution is -0.118. The third-order valence-corrected chi connectivity index (χ3v) is 8.62. The topological polar surface area (TPSA) is 79.0 Å². The molecule has 3 aromatic rings. The van der Waals surface area contributed by atoms with E-state index >= 15 is 0 Å². The zero-order valence-electron chi connectivity index (χ0n) is 16.0. The van der Waals surface area contributed by atoms with Gasteiger partial charge in [-0.1, -0.05) is 48.5 Å². The molecule has 2 unspecified atom stereocenters. The smallest absolute Gasteiger partial charge is 0.230 e. The Kier molecular flexibility index (Phi) is 5.96. The molecule has 0 bridgehead atoms. The van der Waals surface area contributed by atoms with Crippen LogP contribution < -0.4 is 5.32 Å². The Morgan fingerprint density at radius 3 is 2.66 bits per heavy atom. The number of fused-ring (bicyclic) bond motifs is 1. The number of thioether (sulfide) groups is 1. The molecule has 152 valence electrons. The first kappa shape index (κ1) is 20.0. The van der Waals surface area contributed by atoms with Crippen molar-refractivity contribution in [1.29, 1.82) is 0 Å².